The Bertz CT molecular complexity index is 1370. The predicted octanol–water partition coefficient (Wildman–Crippen LogP) is 7.37. The number of alkyl halides is 3. The summed E-state index contributed by atoms with van der Waals surface area (Å²) in [6.07, 6.45) is -0.908. The second kappa shape index (κ2) is 8.88. The van der Waals surface area contributed by atoms with Crippen molar-refractivity contribution in [1.29, 1.82) is 0 Å². The predicted molar refractivity (Wildman–Crippen MR) is 129 cm³/mol. The first kappa shape index (κ1) is 22.6. The van der Waals surface area contributed by atoms with E-state index in [4.69, 9.17) is 11.6 Å². The number of rotatable bonds is 6. The molecular formula is C24H18ClF3N4OS. The van der Waals surface area contributed by atoms with Crippen molar-refractivity contribution in [2.24, 2.45) is 5.92 Å². The molecule has 0 saturated heterocycles. The van der Waals surface area contributed by atoms with Crippen LogP contribution < -0.4 is 10.0 Å². The maximum atomic E-state index is 13.1. The first-order valence-electron chi connectivity index (χ1n) is 10.5. The number of pyridine rings is 1. The highest BCUT2D eigenvalue weighted by Gasteiger charge is 2.33. The number of nitrogens with zero attached hydrogens (tertiary/aromatic N) is 1. The van der Waals surface area contributed by atoms with Gasteiger partial charge in [0.25, 0.3) is 0 Å². The maximum absolute atomic E-state index is 13.1. The summed E-state index contributed by atoms with van der Waals surface area (Å²) < 4.78 is 42.3. The van der Waals surface area contributed by atoms with Gasteiger partial charge in [-0.2, -0.15) is 13.2 Å². The average Bonchev–Trinajstić information content (AvgIpc) is 3.56. The number of hydrogen-bond donors (Lipinski definition) is 3. The molecule has 0 radical (unpaired) electrons. The highest BCUT2D eigenvalue weighted by Crippen LogP contribution is 2.38. The van der Waals surface area contributed by atoms with Crippen molar-refractivity contribution in [3.8, 4) is 11.1 Å². The monoisotopic (exact) mass is 502 g/mol. The van der Waals surface area contributed by atoms with Crippen LogP contribution in [0.3, 0.4) is 0 Å². The van der Waals surface area contributed by atoms with Crippen LogP contribution in [-0.4, -0.2) is 15.9 Å². The Balaban J connectivity index is 1.34. The summed E-state index contributed by atoms with van der Waals surface area (Å²) in [5.74, 6) is 0.542. The summed E-state index contributed by atoms with van der Waals surface area (Å²) in [5, 5.41) is 3.48. The molecule has 4 aromatic rings. The number of fused-ring (bicyclic) bond motifs is 1. The van der Waals surface area contributed by atoms with Crippen molar-refractivity contribution in [1.82, 2.24) is 9.97 Å². The van der Waals surface area contributed by atoms with E-state index in [9.17, 15) is 18.0 Å². The number of amides is 1. The number of anilines is 2. The summed E-state index contributed by atoms with van der Waals surface area (Å²) in [7, 11) is 0. The van der Waals surface area contributed by atoms with Gasteiger partial charge in [-0.1, -0.05) is 23.7 Å². The van der Waals surface area contributed by atoms with E-state index in [1.165, 1.54) is 12.1 Å². The fourth-order valence-electron chi connectivity index (χ4n) is 3.54. The Morgan fingerprint density at radius 1 is 1.09 bits per heavy atom. The lowest BCUT2D eigenvalue weighted by molar-refractivity contribution is -0.137. The molecule has 2 heterocycles. The zero-order chi connectivity index (χ0) is 23.9. The van der Waals surface area contributed by atoms with Gasteiger partial charge in [-0.15, -0.1) is 0 Å². The van der Waals surface area contributed by atoms with Gasteiger partial charge in [-0.3, -0.25) is 4.79 Å². The van der Waals surface area contributed by atoms with Crippen LogP contribution in [0.4, 0.5) is 24.7 Å². The Morgan fingerprint density at radius 3 is 2.56 bits per heavy atom. The lowest BCUT2D eigenvalue weighted by Gasteiger charge is -2.12. The van der Waals surface area contributed by atoms with Crippen molar-refractivity contribution >= 4 is 52.0 Å². The third-order valence-electron chi connectivity index (χ3n) is 5.45. The van der Waals surface area contributed by atoms with E-state index in [2.05, 4.69) is 20.0 Å². The van der Waals surface area contributed by atoms with Crippen molar-refractivity contribution in [2.45, 2.75) is 23.9 Å². The highest BCUT2D eigenvalue weighted by atomic mass is 35.5. The van der Waals surface area contributed by atoms with Gasteiger partial charge < -0.3 is 15.0 Å². The van der Waals surface area contributed by atoms with Crippen LogP contribution in [-0.2, 0) is 11.0 Å². The summed E-state index contributed by atoms with van der Waals surface area (Å²) >= 11 is 6.75. The molecule has 34 heavy (non-hydrogen) atoms. The molecule has 1 aliphatic rings. The van der Waals surface area contributed by atoms with Crippen molar-refractivity contribution in [2.75, 3.05) is 10.0 Å². The molecule has 5 nitrogen and oxygen atoms in total. The summed E-state index contributed by atoms with van der Waals surface area (Å²) in [4.78, 5) is 20.2. The zero-order valence-electron chi connectivity index (χ0n) is 17.5. The van der Waals surface area contributed by atoms with Crippen molar-refractivity contribution in [3.05, 3.63) is 71.4 Å². The smallest absolute Gasteiger partial charge is 0.346 e. The van der Waals surface area contributed by atoms with Crippen molar-refractivity contribution < 1.29 is 18.0 Å². The lowest BCUT2D eigenvalue weighted by Crippen LogP contribution is -2.14. The molecule has 0 aliphatic heterocycles. The van der Waals surface area contributed by atoms with Crippen LogP contribution in [0.5, 0.6) is 0 Å². The van der Waals surface area contributed by atoms with Gasteiger partial charge in [0.2, 0.25) is 5.91 Å². The minimum absolute atomic E-state index is 0.0168. The third kappa shape index (κ3) is 4.85. The number of H-pyrrole nitrogens is 1. The molecule has 5 rings (SSSR count). The number of benzene rings is 2. The molecule has 10 heteroatoms. The minimum Gasteiger partial charge on any atom is -0.346 e. The molecule has 0 spiro atoms. The summed E-state index contributed by atoms with van der Waals surface area (Å²) in [6, 6.07) is 15.0. The fourth-order valence-corrected chi connectivity index (χ4v) is 4.44. The number of aromatic amines is 1. The fraction of sp³-hybridized carbons (Fsp3) is 0.167. The van der Waals surface area contributed by atoms with Gasteiger partial charge in [-0.05, 0) is 78.4 Å². The molecule has 174 valence electrons. The number of hydrogen-bond acceptors (Lipinski definition) is 4. The zero-order valence-corrected chi connectivity index (χ0v) is 19.1. The van der Waals surface area contributed by atoms with Crippen molar-refractivity contribution in [3.63, 3.8) is 0 Å². The van der Waals surface area contributed by atoms with Gasteiger partial charge in [0, 0.05) is 28.1 Å². The molecule has 0 atom stereocenters. The number of halogens is 4. The number of nitrogens with one attached hydrogen (secondary N) is 3. The quantitative estimate of drug-likeness (QED) is 0.241. The summed E-state index contributed by atoms with van der Waals surface area (Å²) in [6.45, 7) is 0. The third-order valence-corrected chi connectivity index (χ3v) is 6.61. The van der Waals surface area contributed by atoms with Crippen LogP contribution in [0.25, 0.3) is 22.2 Å². The maximum Gasteiger partial charge on any atom is 0.417 e. The topological polar surface area (TPSA) is 69.8 Å². The SMILES string of the molecule is O=C(Nc1cc(-c2ccc(NSc3ccc(Cl)c(C(F)(F)F)c3)cc2)c2cc[nH]c2n1)C1CC1. The molecule has 1 fully saturated rings. The molecule has 2 aromatic heterocycles. The standard InChI is InChI=1S/C24H18ClF3N4OS/c25-20-8-7-16(11-19(20)24(26,27)28)34-32-15-5-3-13(4-6-15)18-12-21(31-23(33)14-1-2-14)30-22-17(18)9-10-29-22/h3-12,14,32H,1-2H2,(H2,29,30,31,33). The molecule has 0 bridgehead atoms. The van der Waals surface area contributed by atoms with E-state index >= 15 is 0 Å². The first-order valence-corrected chi connectivity index (χ1v) is 11.7. The largest absolute Gasteiger partial charge is 0.417 e. The van der Waals surface area contributed by atoms with E-state index in [1.54, 1.807) is 6.20 Å². The second-order valence-corrected chi connectivity index (χ2v) is 9.27. The Morgan fingerprint density at radius 2 is 1.85 bits per heavy atom. The molecular weight excluding hydrogens is 485 g/mol. The summed E-state index contributed by atoms with van der Waals surface area (Å²) in [5.41, 5.74) is 2.34. The molecule has 1 amide bonds. The van der Waals surface area contributed by atoms with Crippen LogP contribution in [0.15, 0.2) is 65.7 Å². The van der Waals surface area contributed by atoms with E-state index in [-0.39, 0.29) is 16.8 Å². The highest BCUT2D eigenvalue weighted by molar-refractivity contribution is 8.00. The second-order valence-electron chi connectivity index (χ2n) is 7.98. The minimum atomic E-state index is -4.51. The average molecular weight is 503 g/mol. The van der Waals surface area contributed by atoms with Crippen LogP contribution >= 0.6 is 23.5 Å². The van der Waals surface area contributed by atoms with Gasteiger partial charge in [0.15, 0.2) is 0 Å². The Labute approximate surface area is 202 Å². The number of carbonyl (C=O) groups excluding carboxylic acids is 1. The Hall–Kier alpha value is -3.17. The van der Waals surface area contributed by atoms with Crippen LogP contribution in [0, 0.1) is 5.92 Å². The van der Waals surface area contributed by atoms with E-state index in [0.717, 1.165) is 53.1 Å². The normalized spacial score (nSPS) is 13.8. The van der Waals surface area contributed by atoms with Gasteiger partial charge in [-0.25, -0.2) is 4.98 Å². The molecule has 3 N–H and O–H groups in total. The van der Waals surface area contributed by atoms with Crippen LogP contribution in [0.2, 0.25) is 5.02 Å². The van der Waals surface area contributed by atoms with Crippen LogP contribution in [0.1, 0.15) is 18.4 Å². The first-order chi connectivity index (χ1) is 16.3. The molecule has 2 aromatic carbocycles. The van der Waals surface area contributed by atoms with Gasteiger partial charge >= 0.3 is 6.18 Å². The number of aromatic nitrogens is 2. The molecule has 1 aliphatic carbocycles. The van der Waals surface area contributed by atoms with E-state index in [0.29, 0.717) is 16.4 Å². The number of carbonyl (C=O) groups is 1. The molecule has 0 unspecified atom stereocenters. The lowest BCUT2D eigenvalue weighted by atomic mass is 10.0. The van der Waals surface area contributed by atoms with Gasteiger partial charge in [0.05, 0.1) is 10.6 Å². The van der Waals surface area contributed by atoms with Gasteiger partial charge in [0.1, 0.15) is 11.5 Å². The van der Waals surface area contributed by atoms with E-state index in [1.807, 2.05) is 36.4 Å². The van der Waals surface area contributed by atoms with E-state index < -0.39 is 11.7 Å². The molecule has 1 saturated carbocycles. The Kier molecular flexibility index (Phi) is 5.91.